The van der Waals surface area contributed by atoms with Crippen molar-refractivity contribution >= 4 is 16.6 Å². The summed E-state index contributed by atoms with van der Waals surface area (Å²) >= 11 is 0. The summed E-state index contributed by atoms with van der Waals surface area (Å²) in [7, 11) is -3.05. The Morgan fingerprint density at radius 1 is 1.21 bits per heavy atom. The van der Waals surface area contributed by atoms with Crippen LogP contribution >= 0.6 is 0 Å². The Morgan fingerprint density at radius 2 is 1.74 bits per heavy atom. The molecule has 1 aliphatic carbocycles. The standard InChI is InChI=1S/C13H25OSi2.2ClH.Ti/c1-7-13(12-10-8-9-11-12)16(5,6)14-15(2,3)4;;;/h8,10,13H,7,9H2,1-6H3;2*1H;/q-1;;;+3/p-2. The van der Waals surface area contributed by atoms with Crippen molar-refractivity contribution in [2.75, 3.05) is 0 Å². The van der Waals surface area contributed by atoms with E-state index in [2.05, 4.69) is 57.9 Å². The molecule has 0 aromatic heterocycles. The Labute approximate surface area is 148 Å². The molecular formula is C13H25Cl2OSi2Ti. The van der Waals surface area contributed by atoms with Crippen LogP contribution in [0.3, 0.4) is 0 Å². The van der Waals surface area contributed by atoms with Crippen LogP contribution in [0.1, 0.15) is 19.8 Å². The van der Waals surface area contributed by atoms with Crippen molar-refractivity contribution in [1.82, 2.24) is 0 Å². The van der Waals surface area contributed by atoms with Gasteiger partial charge >= 0.3 is 21.7 Å². The first-order valence-electron chi connectivity index (χ1n) is 6.23. The first kappa shape index (κ1) is 25.1. The number of halogens is 2. The van der Waals surface area contributed by atoms with Gasteiger partial charge in [0.2, 0.25) is 0 Å². The molecule has 0 amide bonds. The number of hydrogen-bond acceptors (Lipinski definition) is 1. The van der Waals surface area contributed by atoms with Gasteiger partial charge in [0.15, 0.2) is 16.6 Å². The van der Waals surface area contributed by atoms with E-state index in [4.69, 9.17) is 4.12 Å². The zero-order valence-corrected chi connectivity index (χ0v) is 17.9. The average Bonchev–Trinajstić information content (AvgIpc) is 2.52. The molecule has 0 aliphatic heterocycles. The fourth-order valence-electron chi connectivity index (χ4n) is 2.61. The Kier molecular flexibility index (Phi) is 13.2. The van der Waals surface area contributed by atoms with Crippen molar-refractivity contribution in [3.8, 4) is 0 Å². The molecule has 0 spiro atoms. The van der Waals surface area contributed by atoms with E-state index in [9.17, 15) is 0 Å². The topological polar surface area (TPSA) is 9.23 Å². The maximum atomic E-state index is 6.47. The van der Waals surface area contributed by atoms with Crippen molar-refractivity contribution in [3.63, 3.8) is 0 Å². The van der Waals surface area contributed by atoms with Gasteiger partial charge in [0.05, 0.1) is 0 Å². The van der Waals surface area contributed by atoms with Crippen LogP contribution in [0.2, 0.25) is 38.3 Å². The van der Waals surface area contributed by atoms with Crippen LogP contribution < -0.4 is 24.8 Å². The molecule has 1 unspecified atom stereocenters. The predicted molar refractivity (Wildman–Crippen MR) is 76.5 cm³/mol. The van der Waals surface area contributed by atoms with Crippen LogP contribution in [0.15, 0.2) is 17.7 Å². The molecule has 0 heterocycles. The van der Waals surface area contributed by atoms with Crippen LogP contribution in [-0.2, 0) is 25.8 Å². The molecule has 109 valence electrons. The monoisotopic (exact) mass is 371 g/mol. The normalized spacial score (nSPS) is 15.8. The number of allylic oxidation sites excluding steroid dienone is 4. The van der Waals surface area contributed by atoms with Gasteiger partial charge in [-0.05, 0) is 38.3 Å². The average molecular weight is 372 g/mol. The Hall–Kier alpha value is 1.17. The van der Waals surface area contributed by atoms with Gasteiger partial charge < -0.3 is 28.9 Å². The minimum Gasteiger partial charge on any atom is -1.00 e. The molecule has 0 bridgehead atoms. The molecule has 0 N–H and O–H groups in total. The van der Waals surface area contributed by atoms with Crippen molar-refractivity contribution in [2.45, 2.75) is 58.0 Å². The summed E-state index contributed by atoms with van der Waals surface area (Å²) in [6.45, 7) is 13.9. The minimum atomic E-state index is -1.62. The first-order chi connectivity index (χ1) is 7.26. The molecule has 6 heteroatoms. The zero-order valence-electron chi connectivity index (χ0n) is 12.8. The molecule has 19 heavy (non-hydrogen) atoms. The molecule has 1 nitrogen and oxygen atoms in total. The summed E-state index contributed by atoms with van der Waals surface area (Å²) in [4.78, 5) is 0. The third-order valence-corrected chi connectivity index (χ3v) is 9.87. The molecular weight excluding hydrogens is 347 g/mol. The Bertz CT molecular complexity index is 312. The van der Waals surface area contributed by atoms with Crippen molar-refractivity contribution in [2.24, 2.45) is 0 Å². The zero-order chi connectivity index (χ0) is 12.4. The minimum absolute atomic E-state index is 0. The second-order valence-corrected chi connectivity index (χ2v) is 15.0. The van der Waals surface area contributed by atoms with E-state index in [0.717, 1.165) is 6.42 Å². The van der Waals surface area contributed by atoms with Gasteiger partial charge in [0, 0.05) is 0 Å². The van der Waals surface area contributed by atoms with Crippen LogP contribution in [0, 0.1) is 6.08 Å². The summed E-state index contributed by atoms with van der Waals surface area (Å²) in [6, 6.07) is 0. The molecule has 1 radical (unpaired) electrons. The van der Waals surface area contributed by atoms with E-state index in [0.29, 0.717) is 5.54 Å². The van der Waals surface area contributed by atoms with Gasteiger partial charge in [0.25, 0.3) is 0 Å². The molecule has 0 fully saturated rings. The summed E-state index contributed by atoms with van der Waals surface area (Å²) < 4.78 is 6.47. The summed E-state index contributed by atoms with van der Waals surface area (Å²) in [5.74, 6) is 0. The largest absolute Gasteiger partial charge is 3.00 e. The fourth-order valence-corrected chi connectivity index (χ4v) is 11.4. The number of hydrogen-bond donors (Lipinski definition) is 0. The fraction of sp³-hybridized carbons (Fsp3) is 0.692. The van der Waals surface area contributed by atoms with E-state index in [-0.39, 0.29) is 46.5 Å². The molecule has 0 saturated carbocycles. The van der Waals surface area contributed by atoms with Crippen molar-refractivity contribution in [3.05, 3.63) is 23.8 Å². The van der Waals surface area contributed by atoms with Gasteiger partial charge in [-0.15, -0.1) is 6.42 Å². The smallest absolute Gasteiger partial charge is 1.00 e. The van der Waals surface area contributed by atoms with E-state index in [1.165, 1.54) is 12.0 Å². The third-order valence-electron chi connectivity index (χ3n) is 2.91. The second-order valence-electron chi connectivity index (χ2n) is 6.02. The SMILES string of the molecule is CCC(C1=[C-]CC=C1)[Si](C)(C)O[Si](C)(C)C.[Cl-].[Cl-].[Ti+3]. The quantitative estimate of drug-likeness (QED) is 0.423. The molecule has 0 saturated heterocycles. The van der Waals surface area contributed by atoms with Gasteiger partial charge in [0.1, 0.15) is 0 Å². The van der Waals surface area contributed by atoms with E-state index >= 15 is 0 Å². The van der Waals surface area contributed by atoms with E-state index in [1.54, 1.807) is 0 Å². The third kappa shape index (κ3) is 8.25. The Balaban J connectivity index is -0.000000853. The molecule has 1 atom stereocenters. The van der Waals surface area contributed by atoms with Gasteiger partial charge in [-0.3, -0.25) is 6.08 Å². The predicted octanol–water partition coefficient (Wildman–Crippen LogP) is -1.48. The Morgan fingerprint density at radius 3 is 2.05 bits per heavy atom. The number of rotatable bonds is 5. The summed E-state index contributed by atoms with van der Waals surface area (Å²) in [5.41, 5.74) is 2.01. The first-order valence-corrected chi connectivity index (χ1v) is 12.6. The molecule has 0 aromatic carbocycles. The van der Waals surface area contributed by atoms with Crippen molar-refractivity contribution < 1.29 is 50.6 Å². The maximum absolute atomic E-state index is 6.47. The van der Waals surface area contributed by atoms with Gasteiger partial charge in [-0.25, -0.2) is 11.6 Å². The molecule has 1 aliphatic rings. The van der Waals surface area contributed by atoms with Crippen LogP contribution in [0.25, 0.3) is 0 Å². The van der Waals surface area contributed by atoms with Gasteiger partial charge in [-0.2, -0.15) is 6.08 Å². The summed E-state index contributed by atoms with van der Waals surface area (Å²) in [6.07, 6.45) is 10.1. The maximum Gasteiger partial charge on any atom is 3.00 e. The molecule has 1 rings (SSSR count). The van der Waals surface area contributed by atoms with Gasteiger partial charge in [-0.1, -0.05) is 13.3 Å². The second kappa shape index (κ2) is 9.99. The van der Waals surface area contributed by atoms with E-state index < -0.39 is 16.6 Å². The van der Waals surface area contributed by atoms with Crippen LogP contribution in [-0.4, -0.2) is 16.6 Å². The van der Waals surface area contributed by atoms with Crippen LogP contribution in [0.4, 0.5) is 0 Å². The van der Waals surface area contributed by atoms with E-state index in [1.807, 2.05) is 0 Å². The van der Waals surface area contributed by atoms with Crippen LogP contribution in [0.5, 0.6) is 0 Å². The van der Waals surface area contributed by atoms with Crippen molar-refractivity contribution in [1.29, 1.82) is 0 Å². The molecule has 0 aromatic rings. The summed E-state index contributed by atoms with van der Waals surface area (Å²) in [5, 5.41) is 0.